The van der Waals surface area contributed by atoms with E-state index in [1.807, 2.05) is 0 Å². The molecule has 1 aromatic rings. The number of aromatic amines is 1. The first-order valence-electron chi connectivity index (χ1n) is 6.42. The second-order valence-corrected chi connectivity index (χ2v) is 7.10. The Hall–Kier alpha value is -0.880. The highest BCUT2D eigenvalue weighted by Crippen LogP contribution is 2.29. The molecule has 1 fully saturated rings. The number of rotatable bonds is 3. The van der Waals surface area contributed by atoms with Gasteiger partial charge in [-0.1, -0.05) is 13.8 Å². The van der Waals surface area contributed by atoms with Gasteiger partial charge in [0.25, 0.3) is 10.0 Å². The molecule has 3 unspecified atom stereocenters. The van der Waals surface area contributed by atoms with Crippen LogP contribution in [0.3, 0.4) is 0 Å². The third-order valence-corrected chi connectivity index (χ3v) is 5.32. The minimum Gasteiger partial charge on any atom is -0.332 e. The number of aryl methyl sites for hydroxylation is 1. The minimum absolute atomic E-state index is 0.0461. The zero-order valence-corrected chi connectivity index (χ0v) is 11.9. The van der Waals surface area contributed by atoms with Gasteiger partial charge < -0.3 is 4.98 Å². The molecule has 1 aromatic heterocycles. The minimum atomic E-state index is -3.45. The van der Waals surface area contributed by atoms with Crippen LogP contribution in [0.2, 0.25) is 0 Å². The molecule has 0 radical (unpaired) electrons. The van der Waals surface area contributed by atoms with Gasteiger partial charge in [0.1, 0.15) is 5.82 Å². The van der Waals surface area contributed by atoms with E-state index >= 15 is 0 Å². The van der Waals surface area contributed by atoms with Crippen LogP contribution in [-0.4, -0.2) is 24.4 Å². The van der Waals surface area contributed by atoms with Crippen LogP contribution in [0.1, 0.15) is 38.9 Å². The van der Waals surface area contributed by atoms with Gasteiger partial charge >= 0.3 is 0 Å². The lowest BCUT2D eigenvalue weighted by Gasteiger charge is -2.32. The average molecular weight is 271 g/mol. The molecule has 18 heavy (non-hydrogen) atoms. The van der Waals surface area contributed by atoms with Crippen LogP contribution in [-0.2, 0) is 10.0 Å². The molecule has 3 atom stereocenters. The molecule has 1 saturated carbocycles. The molecule has 0 aliphatic heterocycles. The summed E-state index contributed by atoms with van der Waals surface area (Å²) in [6, 6.07) is 0.0461. The Morgan fingerprint density at radius 2 is 2.06 bits per heavy atom. The highest BCUT2D eigenvalue weighted by Gasteiger charge is 2.28. The number of imidazole rings is 1. The van der Waals surface area contributed by atoms with Crippen molar-refractivity contribution in [2.24, 2.45) is 11.8 Å². The van der Waals surface area contributed by atoms with Crippen LogP contribution in [0.15, 0.2) is 11.2 Å². The molecule has 6 heteroatoms. The lowest BCUT2D eigenvalue weighted by atomic mass is 9.79. The summed E-state index contributed by atoms with van der Waals surface area (Å²) in [4.78, 5) is 6.69. The first-order valence-corrected chi connectivity index (χ1v) is 7.90. The molecular formula is C12H21N3O2S. The van der Waals surface area contributed by atoms with Crippen molar-refractivity contribution in [3.63, 3.8) is 0 Å². The largest absolute Gasteiger partial charge is 0.332 e. The Labute approximate surface area is 108 Å². The van der Waals surface area contributed by atoms with Gasteiger partial charge in [0.05, 0.1) is 6.20 Å². The number of aromatic nitrogens is 2. The maximum Gasteiger partial charge on any atom is 0.257 e. The van der Waals surface area contributed by atoms with Crippen molar-refractivity contribution >= 4 is 10.0 Å². The summed E-state index contributed by atoms with van der Waals surface area (Å²) in [5, 5.41) is 0.159. The molecule has 1 aliphatic rings. The molecule has 5 nitrogen and oxygen atoms in total. The Bertz CT molecular complexity index is 509. The topological polar surface area (TPSA) is 74.8 Å². The number of hydrogen-bond acceptors (Lipinski definition) is 3. The Morgan fingerprint density at radius 3 is 2.61 bits per heavy atom. The van der Waals surface area contributed by atoms with Gasteiger partial charge in [-0.3, -0.25) is 0 Å². The van der Waals surface area contributed by atoms with Crippen molar-refractivity contribution in [3.8, 4) is 0 Å². The lowest BCUT2D eigenvalue weighted by Crippen LogP contribution is -2.39. The molecule has 102 valence electrons. The third-order valence-electron chi connectivity index (χ3n) is 3.89. The molecule has 2 rings (SSSR count). The number of H-pyrrole nitrogens is 1. The van der Waals surface area contributed by atoms with Gasteiger partial charge in [0.2, 0.25) is 0 Å². The zero-order chi connectivity index (χ0) is 13.3. The summed E-state index contributed by atoms with van der Waals surface area (Å²) in [5.41, 5.74) is 0. The van der Waals surface area contributed by atoms with Crippen LogP contribution < -0.4 is 4.72 Å². The molecule has 0 spiro atoms. The summed E-state index contributed by atoms with van der Waals surface area (Å²) in [6.45, 7) is 6.16. The monoisotopic (exact) mass is 271 g/mol. The van der Waals surface area contributed by atoms with E-state index in [9.17, 15) is 8.42 Å². The first kappa shape index (κ1) is 13.5. The number of nitrogens with one attached hydrogen (secondary N) is 2. The van der Waals surface area contributed by atoms with Gasteiger partial charge in [-0.2, -0.15) is 0 Å². The second kappa shape index (κ2) is 5.01. The van der Waals surface area contributed by atoms with Gasteiger partial charge in [-0.15, -0.1) is 0 Å². The summed E-state index contributed by atoms with van der Waals surface area (Å²) in [7, 11) is -3.45. The predicted octanol–water partition coefficient (Wildman–Crippen LogP) is 1.82. The Balaban J connectivity index is 2.05. The van der Waals surface area contributed by atoms with Crippen molar-refractivity contribution < 1.29 is 8.42 Å². The molecular weight excluding hydrogens is 250 g/mol. The van der Waals surface area contributed by atoms with Crippen LogP contribution in [0.25, 0.3) is 0 Å². The number of hydrogen-bond donors (Lipinski definition) is 2. The predicted molar refractivity (Wildman–Crippen MR) is 69.6 cm³/mol. The fraction of sp³-hybridized carbons (Fsp3) is 0.750. The highest BCUT2D eigenvalue weighted by atomic mass is 32.2. The fourth-order valence-corrected chi connectivity index (χ4v) is 3.73. The average Bonchev–Trinajstić information content (AvgIpc) is 2.71. The van der Waals surface area contributed by atoms with E-state index in [-0.39, 0.29) is 11.1 Å². The van der Waals surface area contributed by atoms with Gasteiger partial charge in [0.15, 0.2) is 5.03 Å². The van der Waals surface area contributed by atoms with E-state index in [0.717, 1.165) is 19.3 Å². The molecule has 0 amide bonds. The van der Waals surface area contributed by atoms with Crippen molar-refractivity contribution in [1.82, 2.24) is 14.7 Å². The third kappa shape index (κ3) is 2.92. The summed E-state index contributed by atoms with van der Waals surface area (Å²) in [5.74, 6) is 1.86. The summed E-state index contributed by atoms with van der Waals surface area (Å²) < 4.78 is 27.0. The number of sulfonamides is 1. The summed E-state index contributed by atoms with van der Waals surface area (Å²) in [6.07, 6.45) is 4.27. The van der Waals surface area contributed by atoms with Crippen molar-refractivity contribution in [2.45, 2.75) is 51.1 Å². The van der Waals surface area contributed by atoms with Crippen molar-refractivity contribution in [2.75, 3.05) is 0 Å². The highest BCUT2D eigenvalue weighted by molar-refractivity contribution is 7.89. The fourth-order valence-electron chi connectivity index (χ4n) is 2.47. The van der Waals surface area contributed by atoms with Crippen LogP contribution in [0.4, 0.5) is 0 Å². The number of nitrogens with zero attached hydrogens (tertiary/aromatic N) is 1. The Morgan fingerprint density at radius 1 is 1.33 bits per heavy atom. The van der Waals surface area contributed by atoms with Gasteiger partial charge in [-0.05, 0) is 38.0 Å². The van der Waals surface area contributed by atoms with Crippen molar-refractivity contribution in [1.29, 1.82) is 0 Å². The maximum absolute atomic E-state index is 12.1. The van der Waals surface area contributed by atoms with Crippen LogP contribution in [0.5, 0.6) is 0 Å². The van der Waals surface area contributed by atoms with Crippen LogP contribution in [0, 0.1) is 18.8 Å². The smallest absolute Gasteiger partial charge is 0.257 e. The maximum atomic E-state index is 12.1. The standard InChI is InChI=1S/C12H21N3O2S/c1-8-4-5-11(6-9(8)2)15-18(16,17)12-7-13-10(3)14-12/h7-9,11,15H,4-6H2,1-3H3,(H,13,14). The van der Waals surface area contributed by atoms with E-state index in [1.54, 1.807) is 6.92 Å². The Kier molecular flexibility index (Phi) is 3.77. The molecule has 2 N–H and O–H groups in total. The van der Waals surface area contributed by atoms with E-state index in [0.29, 0.717) is 17.7 Å². The quantitative estimate of drug-likeness (QED) is 0.880. The molecule has 1 aliphatic carbocycles. The van der Waals surface area contributed by atoms with Crippen LogP contribution >= 0.6 is 0 Å². The molecule has 0 saturated heterocycles. The van der Waals surface area contributed by atoms with E-state index < -0.39 is 10.0 Å². The summed E-state index contributed by atoms with van der Waals surface area (Å²) >= 11 is 0. The lowest BCUT2D eigenvalue weighted by molar-refractivity contribution is 0.241. The SMILES string of the molecule is Cc1ncc(S(=O)(=O)NC2CCC(C)C(C)C2)[nH]1. The van der Waals surface area contributed by atoms with E-state index in [2.05, 4.69) is 28.5 Å². The van der Waals surface area contributed by atoms with E-state index in [1.165, 1.54) is 6.20 Å². The van der Waals surface area contributed by atoms with Gasteiger partial charge in [0, 0.05) is 6.04 Å². The van der Waals surface area contributed by atoms with Crippen molar-refractivity contribution in [3.05, 3.63) is 12.0 Å². The molecule has 0 bridgehead atoms. The van der Waals surface area contributed by atoms with Gasteiger partial charge in [-0.25, -0.2) is 18.1 Å². The normalized spacial score (nSPS) is 29.4. The molecule has 1 heterocycles. The first-order chi connectivity index (χ1) is 8.38. The zero-order valence-electron chi connectivity index (χ0n) is 11.1. The molecule has 0 aromatic carbocycles. The van der Waals surface area contributed by atoms with E-state index in [4.69, 9.17) is 0 Å². The second-order valence-electron chi connectivity index (χ2n) is 5.42.